The summed E-state index contributed by atoms with van der Waals surface area (Å²) in [7, 11) is 0. The molecule has 1 aliphatic heterocycles. The number of pyridine rings is 1. The number of anilines is 1. The van der Waals surface area contributed by atoms with Crippen molar-refractivity contribution in [2.45, 2.75) is 22.5 Å². The first-order chi connectivity index (χ1) is 20.2. The Bertz CT molecular complexity index is 1700. The van der Waals surface area contributed by atoms with E-state index in [1.807, 2.05) is 0 Å². The lowest BCUT2D eigenvalue weighted by Gasteiger charge is -2.29. The second-order valence-electron chi connectivity index (χ2n) is 10.4. The molecular weight excluding hydrogens is 671 g/mol. The standard InChI is InChI=1S/C32H23Br2FN2O5/c33-25-13-22-23(14-26(25)34)31(40)37(30(22)39)20-11-7-17(8-12-20)28-15-24(21-3-1-2-4-27(21)36-28)32(41)42-16-29(38)18-5-9-19(35)10-6-18/h1-12,15,22-23,25-26H,13-14,16H2. The fourth-order valence-electron chi connectivity index (χ4n) is 5.55. The van der Waals surface area contributed by atoms with Crippen LogP contribution >= 0.6 is 31.9 Å². The van der Waals surface area contributed by atoms with Gasteiger partial charge in [-0.15, -0.1) is 0 Å². The number of carbonyl (C=O) groups excluding carboxylic acids is 4. The van der Waals surface area contributed by atoms with Crippen molar-refractivity contribution in [3.63, 3.8) is 0 Å². The average molecular weight is 694 g/mol. The molecule has 2 heterocycles. The molecule has 6 rings (SSSR count). The Morgan fingerprint density at radius 1 is 0.881 bits per heavy atom. The lowest BCUT2D eigenvalue weighted by Crippen LogP contribution is -2.34. The second-order valence-corrected chi connectivity index (χ2v) is 12.7. The summed E-state index contributed by atoms with van der Waals surface area (Å²) in [6.45, 7) is -0.503. The monoisotopic (exact) mass is 692 g/mol. The third kappa shape index (κ3) is 5.29. The Morgan fingerprint density at radius 2 is 1.50 bits per heavy atom. The zero-order chi connectivity index (χ0) is 29.5. The number of ketones is 1. The van der Waals surface area contributed by atoms with E-state index < -0.39 is 24.2 Å². The normalized spacial score (nSPS) is 21.8. The minimum absolute atomic E-state index is 0.124. The van der Waals surface area contributed by atoms with Crippen LogP contribution in [0.25, 0.3) is 22.2 Å². The predicted molar refractivity (Wildman–Crippen MR) is 162 cm³/mol. The minimum atomic E-state index is -0.701. The summed E-state index contributed by atoms with van der Waals surface area (Å²) in [5.41, 5.74) is 2.65. The molecule has 7 nitrogen and oxygen atoms in total. The molecule has 10 heteroatoms. The van der Waals surface area contributed by atoms with E-state index in [-0.39, 0.29) is 44.4 Å². The largest absolute Gasteiger partial charge is 0.454 e. The number of ether oxygens (including phenoxy) is 1. The van der Waals surface area contributed by atoms with E-state index in [1.54, 1.807) is 54.6 Å². The number of fused-ring (bicyclic) bond motifs is 2. The van der Waals surface area contributed by atoms with Crippen molar-refractivity contribution in [1.82, 2.24) is 4.98 Å². The highest BCUT2D eigenvalue weighted by atomic mass is 79.9. The van der Waals surface area contributed by atoms with Crippen molar-refractivity contribution in [2.75, 3.05) is 11.5 Å². The number of hydrogen-bond acceptors (Lipinski definition) is 6. The topological polar surface area (TPSA) is 93.6 Å². The average Bonchev–Trinajstić information content (AvgIpc) is 3.23. The third-order valence-corrected chi connectivity index (χ3v) is 10.5. The number of alkyl halides is 2. The molecule has 4 aromatic rings. The van der Waals surface area contributed by atoms with Crippen molar-refractivity contribution in [1.29, 1.82) is 0 Å². The lowest BCUT2D eigenvalue weighted by atomic mass is 9.81. The van der Waals surface area contributed by atoms with E-state index in [0.29, 0.717) is 40.7 Å². The molecule has 4 atom stereocenters. The molecule has 1 saturated heterocycles. The van der Waals surface area contributed by atoms with Crippen LogP contribution in [0.15, 0.2) is 78.9 Å². The fourth-order valence-corrected chi connectivity index (χ4v) is 6.79. The maximum Gasteiger partial charge on any atom is 0.339 e. The highest BCUT2D eigenvalue weighted by molar-refractivity contribution is 9.12. The van der Waals surface area contributed by atoms with E-state index in [0.717, 1.165) is 0 Å². The molecule has 1 aromatic heterocycles. The van der Waals surface area contributed by atoms with Gasteiger partial charge in [0.05, 0.1) is 34.3 Å². The molecule has 212 valence electrons. The number of rotatable bonds is 6. The summed E-state index contributed by atoms with van der Waals surface area (Å²) in [6.07, 6.45) is 1.18. The summed E-state index contributed by atoms with van der Waals surface area (Å²) in [5.74, 6) is -2.70. The zero-order valence-corrected chi connectivity index (χ0v) is 25.2. The van der Waals surface area contributed by atoms with Gasteiger partial charge in [0, 0.05) is 26.2 Å². The maximum absolute atomic E-state index is 13.2. The molecule has 0 radical (unpaired) electrons. The van der Waals surface area contributed by atoms with E-state index in [4.69, 9.17) is 9.72 Å². The van der Waals surface area contributed by atoms with Crippen molar-refractivity contribution < 1.29 is 28.3 Å². The van der Waals surface area contributed by atoms with Crippen LogP contribution in [0, 0.1) is 17.7 Å². The number of esters is 1. The van der Waals surface area contributed by atoms with Gasteiger partial charge in [-0.1, -0.05) is 62.2 Å². The van der Waals surface area contributed by atoms with Gasteiger partial charge in [0.2, 0.25) is 11.8 Å². The second kappa shape index (κ2) is 11.5. The van der Waals surface area contributed by atoms with Crippen LogP contribution in [0.5, 0.6) is 0 Å². The van der Waals surface area contributed by atoms with Gasteiger partial charge in [0.15, 0.2) is 12.4 Å². The third-order valence-electron chi connectivity index (χ3n) is 7.77. The number of amides is 2. The summed E-state index contributed by atoms with van der Waals surface area (Å²) < 4.78 is 18.5. The molecule has 4 unspecified atom stereocenters. The number of hydrogen-bond donors (Lipinski definition) is 0. The number of carbonyl (C=O) groups is 4. The number of halogens is 3. The zero-order valence-electron chi connectivity index (χ0n) is 22.0. The molecule has 2 aliphatic rings. The van der Waals surface area contributed by atoms with Crippen LogP contribution in [0.2, 0.25) is 0 Å². The number of aromatic nitrogens is 1. The Hall–Kier alpha value is -3.76. The van der Waals surface area contributed by atoms with Crippen molar-refractivity contribution in [2.24, 2.45) is 11.8 Å². The van der Waals surface area contributed by atoms with E-state index in [2.05, 4.69) is 31.9 Å². The van der Waals surface area contributed by atoms with Gasteiger partial charge in [-0.25, -0.2) is 14.2 Å². The highest BCUT2D eigenvalue weighted by Gasteiger charge is 2.52. The number of Topliss-reactive ketones (excluding diaryl/α,β-unsaturated/α-hetero) is 1. The Kier molecular flexibility index (Phi) is 7.76. The first-order valence-electron chi connectivity index (χ1n) is 13.3. The lowest BCUT2D eigenvalue weighted by molar-refractivity contribution is -0.122. The van der Waals surface area contributed by atoms with Gasteiger partial charge in [-0.2, -0.15) is 0 Å². The van der Waals surface area contributed by atoms with Crippen LogP contribution in [-0.2, 0) is 14.3 Å². The van der Waals surface area contributed by atoms with Crippen LogP contribution in [0.3, 0.4) is 0 Å². The van der Waals surface area contributed by atoms with E-state index in [9.17, 15) is 23.6 Å². The molecule has 0 spiro atoms. The maximum atomic E-state index is 13.2. The van der Waals surface area contributed by atoms with Gasteiger partial charge in [-0.3, -0.25) is 19.3 Å². The Labute approximate surface area is 257 Å². The van der Waals surface area contributed by atoms with Crippen molar-refractivity contribution >= 4 is 72.0 Å². The number of benzene rings is 3. The molecule has 2 fully saturated rings. The van der Waals surface area contributed by atoms with Gasteiger partial charge >= 0.3 is 5.97 Å². The number of nitrogens with zero attached hydrogens (tertiary/aromatic N) is 2. The smallest absolute Gasteiger partial charge is 0.339 e. The van der Waals surface area contributed by atoms with Gasteiger partial charge in [0.25, 0.3) is 0 Å². The van der Waals surface area contributed by atoms with Crippen LogP contribution in [0.1, 0.15) is 33.6 Å². The summed E-state index contributed by atoms with van der Waals surface area (Å²) in [5, 5.41) is 0.558. The molecule has 0 N–H and O–H groups in total. The predicted octanol–water partition coefficient (Wildman–Crippen LogP) is 6.51. The molecule has 3 aromatic carbocycles. The first-order valence-corrected chi connectivity index (χ1v) is 15.2. The van der Waals surface area contributed by atoms with Gasteiger partial charge < -0.3 is 4.74 Å². The fraction of sp³-hybridized carbons (Fsp3) is 0.219. The number of para-hydroxylation sites is 1. The first kappa shape index (κ1) is 28.4. The summed E-state index contributed by atoms with van der Waals surface area (Å²) in [4.78, 5) is 58.3. The van der Waals surface area contributed by atoms with Gasteiger partial charge in [-0.05, 0) is 61.4 Å². The van der Waals surface area contributed by atoms with E-state index in [1.165, 1.54) is 29.2 Å². The molecule has 0 bridgehead atoms. The van der Waals surface area contributed by atoms with E-state index >= 15 is 0 Å². The molecule has 2 amide bonds. The van der Waals surface area contributed by atoms with Crippen molar-refractivity contribution in [3.05, 3.63) is 95.8 Å². The molecule has 1 aliphatic carbocycles. The van der Waals surface area contributed by atoms with Crippen molar-refractivity contribution in [3.8, 4) is 11.3 Å². The molecular formula is C32H23Br2FN2O5. The van der Waals surface area contributed by atoms with Gasteiger partial charge in [0.1, 0.15) is 5.82 Å². The van der Waals surface area contributed by atoms with Crippen LogP contribution in [0.4, 0.5) is 10.1 Å². The summed E-state index contributed by atoms with van der Waals surface area (Å²) in [6, 6.07) is 20.6. The minimum Gasteiger partial charge on any atom is -0.454 e. The number of imide groups is 1. The highest BCUT2D eigenvalue weighted by Crippen LogP contribution is 2.44. The Balaban J connectivity index is 1.25. The SMILES string of the molecule is O=C(COC(=O)c1cc(-c2ccc(N3C(=O)C4CC(Br)C(Br)CC4C3=O)cc2)nc2ccccc12)c1ccc(F)cc1. The van der Waals surface area contributed by atoms with Crippen LogP contribution < -0.4 is 4.90 Å². The molecule has 42 heavy (non-hydrogen) atoms. The quantitative estimate of drug-likeness (QED) is 0.0990. The summed E-state index contributed by atoms with van der Waals surface area (Å²) >= 11 is 7.23. The Morgan fingerprint density at radius 3 is 2.14 bits per heavy atom. The molecule has 1 saturated carbocycles. The van der Waals surface area contributed by atoms with Crippen LogP contribution in [-0.4, -0.2) is 44.8 Å².